The third-order valence-electron chi connectivity index (χ3n) is 3.41. The summed E-state index contributed by atoms with van der Waals surface area (Å²) in [6.45, 7) is -0.104. The van der Waals surface area contributed by atoms with E-state index >= 15 is 0 Å². The summed E-state index contributed by atoms with van der Waals surface area (Å²) in [5.74, 6) is -2.81. The first-order chi connectivity index (χ1) is 11.0. The van der Waals surface area contributed by atoms with E-state index in [1.54, 1.807) is 6.07 Å². The molecule has 7 nitrogen and oxygen atoms in total. The number of carboxylic acids is 1. The van der Waals surface area contributed by atoms with E-state index in [-0.39, 0.29) is 43.6 Å². The fourth-order valence-corrected chi connectivity index (χ4v) is 2.34. The molecule has 1 aromatic carbocycles. The highest BCUT2D eigenvalue weighted by Crippen LogP contribution is 2.27. The smallest absolute Gasteiger partial charge is 0.329 e. The summed E-state index contributed by atoms with van der Waals surface area (Å²) in [4.78, 5) is 35.5. The molecule has 0 radical (unpaired) electrons. The van der Waals surface area contributed by atoms with E-state index in [2.05, 4.69) is 5.32 Å². The Morgan fingerprint density at radius 3 is 2.83 bits per heavy atom. The molecule has 2 rings (SSSR count). The zero-order chi connectivity index (χ0) is 16.8. The first kappa shape index (κ1) is 16.9. The summed E-state index contributed by atoms with van der Waals surface area (Å²) in [5.41, 5.74) is 0.164. The Kier molecular flexibility index (Phi) is 5.64. The first-order valence-corrected chi connectivity index (χ1v) is 7.11. The lowest BCUT2D eigenvalue weighted by Crippen LogP contribution is -2.35. The van der Waals surface area contributed by atoms with Gasteiger partial charge in [-0.05, 0) is 12.1 Å². The van der Waals surface area contributed by atoms with Crippen molar-refractivity contribution in [3.63, 3.8) is 0 Å². The lowest BCUT2D eigenvalue weighted by Gasteiger charge is -2.17. The number of carbonyl (C=O) groups is 3. The van der Waals surface area contributed by atoms with Crippen LogP contribution in [-0.2, 0) is 19.1 Å². The molecular formula is C15H17FN2O5. The second-order valence-electron chi connectivity index (χ2n) is 5.09. The van der Waals surface area contributed by atoms with Gasteiger partial charge in [-0.25, -0.2) is 9.18 Å². The van der Waals surface area contributed by atoms with Crippen LogP contribution in [0.1, 0.15) is 6.42 Å². The number of ether oxygens (including phenoxy) is 1. The number of para-hydroxylation sites is 1. The number of rotatable bonds is 7. The molecule has 1 aliphatic heterocycles. The number of benzene rings is 1. The van der Waals surface area contributed by atoms with Crippen LogP contribution in [0.15, 0.2) is 24.3 Å². The molecule has 2 N–H and O–H groups in total. The van der Waals surface area contributed by atoms with Crippen LogP contribution in [0, 0.1) is 11.7 Å². The molecule has 1 aliphatic rings. The van der Waals surface area contributed by atoms with Gasteiger partial charge >= 0.3 is 5.97 Å². The van der Waals surface area contributed by atoms with Gasteiger partial charge in [0, 0.05) is 19.5 Å². The van der Waals surface area contributed by atoms with Gasteiger partial charge < -0.3 is 20.1 Å². The molecule has 0 aliphatic carbocycles. The van der Waals surface area contributed by atoms with Gasteiger partial charge in [0.25, 0.3) is 0 Å². The molecule has 1 atom stereocenters. The molecule has 0 saturated carbocycles. The normalized spacial score (nSPS) is 17.3. The van der Waals surface area contributed by atoms with Crippen molar-refractivity contribution >= 4 is 23.5 Å². The Balaban J connectivity index is 1.84. The van der Waals surface area contributed by atoms with Gasteiger partial charge in [-0.15, -0.1) is 0 Å². The number of nitrogens with one attached hydrogen (secondary N) is 1. The van der Waals surface area contributed by atoms with E-state index in [9.17, 15) is 18.8 Å². The van der Waals surface area contributed by atoms with Crippen molar-refractivity contribution in [2.24, 2.45) is 5.92 Å². The van der Waals surface area contributed by atoms with E-state index in [4.69, 9.17) is 9.84 Å². The van der Waals surface area contributed by atoms with Gasteiger partial charge in [0.2, 0.25) is 11.8 Å². The zero-order valence-electron chi connectivity index (χ0n) is 12.3. The molecule has 23 heavy (non-hydrogen) atoms. The number of carbonyl (C=O) groups excluding carboxylic acids is 2. The number of carboxylic acid groups (broad SMARTS) is 1. The summed E-state index contributed by atoms with van der Waals surface area (Å²) in [6, 6.07) is 5.91. The summed E-state index contributed by atoms with van der Waals surface area (Å²) >= 11 is 0. The Bertz CT molecular complexity index is 607. The van der Waals surface area contributed by atoms with E-state index < -0.39 is 24.3 Å². The molecule has 2 amide bonds. The van der Waals surface area contributed by atoms with Crippen LogP contribution < -0.4 is 10.2 Å². The van der Waals surface area contributed by atoms with Gasteiger partial charge in [-0.2, -0.15) is 0 Å². The zero-order valence-corrected chi connectivity index (χ0v) is 12.3. The quantitative estimate of drug-likeness (QED) is 0.708. The number of hydrogen-bond acceptors (Lipinski definition) is 4. The van der Waals surface area contributed by atoms with Crippen LogP contribution in [0.25, 0.3) is 0 Å². The maximum Gasteiger partial charge on any atom is 0.329 e. The van der Waals surface area contributed by atoms with Crippen molar-refractivity contribution in [3.8, 4) is 0 Å². The number of halogens is 1. The van der Waals surface area contributed by atoms with Crippen molar-refractivity contribution < 1.29 is 28.6 Å². The Hall–Kier alpha value is -2.48. The Labute approximate surface area is 132 Å². The molecule has 1 aromatic rings. The second kappa shape index (κ2) is 7.68. The fraction of sp³-hybridized carbons (Fsp3) is 0.400. The van der Waals surface area contributed by atoms with Gasteiger partial charge in [-0.1, -0.05) is 12.1 Å². The molecule has 0 spiro atoms. The molecule has 0 aromatic heterocycles. The lowest BCUT2D eigenvalue weighted by atomic mass is 10.1. The van der Waals surface area contributed by atoms with Crippen LogP contribution in [0.2, 0.25) is 0 Å². The molecule has 1 fully saturated rings. The van der Waals surface area contributed by atoms with Crippen molar-refractivity contribution in [1.82, 2.24) is 5.32 Å². The van der Waals surface area contributed by atoms with Gasteiger partial charge in [-0.3, -0.25) is 9.59 Å². The number of aliphatic carboxylic acids is 1. The topological polar surface area (TPSA) is 95.9 Å². The average Bonchev–Trinajstić information content (AvgIpc) is 2.89. The van der Waals surface area contributed by atoms with E-state index in [0.29, 0.717) is 0 Å². The molecule has 0 bridgehead atoms. The van der Waals surface area contributed by atoms with E-state index in [1.165, 1.54) is 23.1 Å². The first-order valence-electron chi connectivity index (χ1n) is 7.11. The van der Waals surface area contributed by atoms with Crippen LogP contribution in [0.5, 0.6) is 0 Å². The molecule has 1 unspecified atom stereocenters. The Morgan fingerprint density at radius 1 is 1.39 bits per heavy atom. The predicted molar refractivity (Wildman–Crippen MR) is 78.3 cm³/mol. The maximum absolute atomic E-state index is 13.7. The number of hydrogen-bond donors (Lipinski definition) is 2. The monoisotopic (exact) mass is 324 g/mol. The number of amides is 2. The predicted octanol–water partition coefficient (Wildman–Crippen LogP) is 0.396. The van der Waals surface area contributed by atoms with Crippen LogP contribution in [0.4, 0.5) is 10.1 Å². The summed E-state index contributed by atoms with van der Waals surface area (Å²) in [5, 5.41) is 11.0. The standard InChI is InChI=1S/C15H17FN2O5/c16-11-3-1-2-4-12(11)18-8-10(7-13(18)19)15(22)17-5-6-23-9-14(20)21/h1-4,10H,5-9H2,(H,17,22)(H,20,21). The maximum atomic E-state index is 13.7. The van der Waals surface area contributed by atoms with Gasteiger partial charge in [0.1, 0.15) is 12.4 Å². The van der Waals surface area contributed by atoms with Gasteiger partial charge in [0.15, 0.2) is 0 Å². The minimum atomic E-state index is -1.08. The third kappa shape index (κ3) is 4.49. The van der Waals surface area contributed by atoms with Crippen LogP contribution in [0.3, 0.4) is 0 Å². The summed E-state index contributed by atoms with van der Waals surface area (Å²) < 4.78 is 18.5. The minimum absolute atomic E-state index is 0.0101. The molecule has 1 heterocycles. The van der Waals surface area contributed by atoms with Crippen LogP contribution in [-0.4, -0.2) is 49.2 Å². The van der Waals surface area contributed by atoms with Crippen molar-refractivity contribution in [2.75, 3.05) is 31.2 Å². The highest BCUT2D eigenvalue weighted by molar-refractivity contribution is 6.00. The van der Waals surface area contributed by atoms with Gasteiger partial charge in [0.05, 0.1) is 18.2 Å². The highest BCUT2D eigenvalue weighted by Gasteiger charge is 2.35. The summed E-state index contributed by atoms with van der Waals surface area (Å²) in [7, 11) is 0. The van der Waals surface area contributed by atoms with Crippen molar-refractivity contribution in [2.45, 2.75) is 6.42 Å². The molecule has 124 valence electrons. The number of nitrogens with zero attached hydrogens (tertiary/aromatic N) is 1. The minimum Gasteiger partial charge on any atom is -0.480 e. The molecular weight excluding hydrogens is 307 g/mol. The largest absolute Gasteiger partial charge is 0.480 e. The average molecular weight is 324 g/mol. The highest BCUT2D eigenvalue weighted by atomic mass is 19.1. The molecule has 1 saturated heterocycles. The second-order valence-corrected chi connectivity index (χ2v) is 5.09. The SMILES string of the molecule is O=C(O)COCCNC(=O)C1CC(=O)N(c2ccccc2F)C1. The fourth-order valence-electron chi connectivity index (χ4n) is 2.34. The summed E-state index contributed by atoms with van der Waals surface area (Å²) in [6.07, 6.45) is 0.0101. The van der Waals surface area contributed by atoms with Crippen molar-refractivity contribution in [1.29, 1.82) is 0 Å². The third-order valence-corrected chi connectivity index (χ3v) is 3.41. The van der Waals surface area contributed by atoms with Crippen LogP contribution >= 0.6 is 0 Å². The van der Waals surface area contributed by atoms with Crippen molar-refractivity contribution in [3.05, 3.63) is 30.1 Å². The van der Waals surface area contributed by atoms with E-state index in [1.807, 2.05) is 0 Å². The van der Waals surface area contributed by atoms with E-state index in [0.717, 1.165) is 0 Å². The lowest BCUT2D eigenvalue weighted by molar-refractivity contribution is -0.142. The molecule has 8 heteroatoms. The Morgan fingerprint density at radius 2 is 2.13 bits per heavy atom. The number of anilines is 1.